The number of halogens is 2. The topological polar surface area (TPSA) is 115 Å². The van der Waals surface area contributed by atoms with Crippen LogP contribution in [-0.2, 0) is 17.8 Å². The van der Waals surface area contributed by atoms with E-state index < -0.39 is 11.2 Å². The summed E-state index contributed by atoms with van der Waals surface area (Å²) in [4.78, 5) is 37.5. The first-order chi connectivity index (χ1) is 15.4. The van der Waals surface area contributed by atoms with Gasteiger partial charge >= 0.3 is 5.69 Å². The van der Waals surface area contributed by atoms with E-state index in [-0.39, 0.29) is 18.9 Å². The lowest BCUT2D eigenvalue weighted by molar-refractivity contribution is -0.120. The van der Waals surface area contributed by atoms with Gasteiger partial charge in [-0.2, -0.15) is 0 Å². The van der Waals surface area contributed by atoms with Gasteiger partial charge in [0.15, 0.2) is 0 Å². The van der Waals surface area contributed by atoms with Gasteiger partial charge in [-0.3, -0.25) is 19.1 Å². The Bertz CT molecular complexity index is 1390. The van der Waals surface area contributed by atoms with Crippen LogP contribution in [0.15, 0.2) is 70.5 Å². The Morgan fingerprint density at radius 2 is 1.75 bits per heavy atom. The number of benzene rings is 2. The fourth-order valence-electron chi connectivity index (χ4n) is 2.98. The first kappa shape index (κ1) is 21.5. The molecule has 0 radical (unpaired) electrons. The largest absolute Gasteiger partial charge is 0.350 e. The zero-order valence-electron chi connectivity index (χ0n) is 16.5. The molecule has 0 spiro atoms. The van der Waals surface area contributed by atoms with E-state index in [9.17, 15) is 14.4 Å². The van der Waals surface area contributed by atoms with E-state index in [1.165, 1.54) is 16.8 Å². The van der Waals surface area contributed by atoms with Crippen molar-refractivity contribution in [1.29, 1.82) is 0 Å². The summed E-state index contributed by atoms with van der Waals surface area (Å²) >= 11 is 11.9. The maximum atomic E-state index is 12.2. The second-order valence-electron chi connectivity index (χ2n) is 6.85. The van der Waals surface area contributed by atoms with Crippen LogP contribution in [0.25, 0.3) is 11.4 Å². The second kappa shape index (κ2) is 9.21. The van der Waals surface area contributed by atoms with Crippen LogP contribution in [0.1, 0.15) is 11.3 Å². The quantitative estimate of drug-likeness (QED) is 0.448. The molecule has 0 aliphatic rings. The fourth-order valence-corrected chi connectivity index (χ4v) is 3.30. The van der Waals surface area contributed by atoms with Crippen molar-refractivity contribution in [2.45, 2.75) is 13.0 Å². The number of carbonyl (C=O) groups is 1. The molecule has 4 aromatic rings. The summed E-state index contributed by atoms with van der Waals surface area (Å²) in [5.74, 6) is -0.186. The molecule has 2 heterocycles. The van der Waals surface area contributed by atoms with Gasteiger partial charge in [0.25, 0.3) is 5.56 Å². The third-order valence-corrected chi connectivity index (χ3v) is 5.31. The maximum Gasteiger partial charge on any atom is 0.332 e. The van der Waals surface area contributed by atoms with Gasteiger partial charge in [0, 0.05) is 12.3 Å². The first-order valence-corrected chi connectivity index (χ1v) is 10.2. The van der Waals surface area contributed by atoms with Crippen LogP contribution < -0.4 is 16.6 Å². The predicted molar refractivity (Wildman–Crippen MR) is 120 cm³/mol. The summed E-state index contributed by atoms with van der Waals surface area (Å²) in [7, 11) is 0. The number of nitrogens with zero attached hydrogens (tertiary/aromatic N) is 4. The minimum atomic E-state index is -0.523. The Balaban J connectivity index is 1.39. The number of aromatic nitrogens is 5. The minimum Gasteiger partial charge on any atom is -0.350 e. The molecule has 0 saturated heterocycles. The number of carbonyl (C=O) groups excluding carboxylic acids is 1. The highest BCUT2D eigenvalue weighted by molar-refractivity contribution is 6.42. The molecule has 2 aromatic carbocycles. The predicted octanol–water partition coefficient (Wildman–Crippen LogP) is 2.27. The molecule has 4 rings (SSSR count). The SMILES string of the molecule is O=C(Cc1ccc(Cl)c(Cl)c1)NCc1cn(-c2ccc(-n3ccc(=O)[nH]c3=O)cc2)nn1. The van der Waals surface area contributed by atoms with Crippen LogP contribution in [0.2, 0.25) is 10.0 Å². The molecule has 0 saturated carbocycles. The minimum absolute atomic E-state index is 0.163. The summed E-state index contributed by atoms with van der Waals surface area (Å²) in [6.45, 7) is 0.213. The summed E-state index contributed by atoms with van der Waals surface area (Å²) in [6.07, 6.45) is 3.27. The summed E-state index contributed by atoms with van der Waals surface area (Å²) in [6, 6.07) is 13.3. The highest BCUT2D eigenvalue weighted by Crippen LogP contribution is 2.22. The van der Waals surface area contributed by atoms with Crippen molar-refractivity contribution in [1.82, 2.24) is 29.9 Å². The summed E-state index contributed by atoms with van der Waals surface area (Å²) in [5, 5.41) is 11.8. The van der Waals surface area contributed by atoms with Crippen LogP contribution in [-0.4, -0.2) is 30.5 Å². The number of nitrogens with one attached hydrogen (secondary N) is 2. The van der Waals surface area contributed by atoms with Gasteiger partial charge in [0.05, 0.1) is 40.6 Å². The molecule has 2 aromatic heterocycles. The van der Waals surface area contributed by atoms with Crippen molar-refractivity contribution < 1.29 is 4.79 Å². The van der Waals surface area contributed by atoms with E-state index in [0.717, 1.165) is 5.56 Å². The van der Waals surface area contributed by atoms with Crippen molar-refractivity contribution >= 4 is 29.1 Å². The van der Waals surface area contributed by atoms with E-state index in [4.69, 9.17) is 23.2 Å². The molecule has 9 nitrogen and oxygen atoms in total. The second-order valence-corrected chi connectivity index (χ2v) is 7.67. The van der Waals surface area contributed by atoms with Crippen molar-refractivity contribution in [3.8, 4) is 11.4 Å². The van der Waals surface area contributed by atoms with Crippen LogP contribution >= 0.6 is 23.2 Å². The number of hydrogen-bond donors (Lipinski definition) is 2. The smallest absolute Gasteiger partial charge is 0.332 e. The van der Waals surface area contributed by atoms with Crippen molar-refractivity contribution in [2.24, 2.45) is 0 Å². The van der Waals surface area contributed by atoms with Gasteiger partial charge in [0.1, 0.15) is 5.69 Å². The van der Waals surface area contributed by atoms with Gasteiger partial charge in [0.2, 0.25) is 5.91 Å². The summed E-state index contributed by atoms with van der Waals surface area (Å²) in [5.41, 5.74) is 1.65. The number of H-pyrrole nitrogens is 1. The molecule has 0 unspecified atom stereocenters. The summed E-state index contributed by atoms with van der Waals surface area (Å²) < 4.78 is 2.88. The fraction of sp³-hybridized carbons (Fsp3) is 0.0952. The maximum absolute atomic E-state index is 12.2. The van der Waals surface area contributed by atoms with E-state index in [1.807, 2.05) is 0 Å². The number of rotatable bonds is 6. The third kappa shape index (κ3) is 4.96. The van der Waals surface area contributed by atoms with Gasteiger partial charge in [-0.05, 0) is 42.0 Å². The molecule has 0 aliphatic heterocycles. The zero-order valence-corrected chi connectivity index (χ0v) is 18.0. The lowest BCUT2D eigenvalue weighted by Gasteiger charge is -2.06. The van der Waals surface area contributed by atoms with Crippen LogP contribution in [0.3, 0.4) is 0 Å². The number of hydrogen-bond acceptors (Lipinski definition) is 5. The van der Waals surface area contributed by atoms with E-state index in [2.05, 4.69) is 20.6 Å². The van der Waals surface area contributed by atoms with E-state index in [1.54, 1.807) is 53.3 Å². The molecule has 32 heavy (non-hydrogen) atoms. The normalized spacial score (nSPS) is 10.8. The van der Waals surface area contributed by atoms with Gasteiger partial charge in [-0.25, -0.2) is 9.48 Å². The van der Waals surface area contributed by atoms with Crippen molar-refractivity contribution in [3.05, 3.63) is 103 Å². The van der Waals surface area contributed by atoms with Crippen LogP contribution in [0.4, 0.5) is 0 Å². The Morgan fingerprint density at radius 1 is 1.00 bits per heavy atom. The molecular formula is C21H16Cl2N6O3. The molecule has 162 valence electrons. The molecule has 0 fully saturated rings. The average Bonchev–Trinajstić information content (AvgIpc) is 3.24. The van der Waals surface area contributed by atoms with Gasteiger partial charge in [-0.15, -0.1) is 5.10 Å². The lowest BCUT2D eigenvalue weighted by Crippen LogP contribution is -2.27. The van der Waals surface area contributed by atoms with Crippen LogP contribution in [0, 0.1) is 0 Å². The van der Waals surface area contributed by atoms with Crippen molar-refractivity contribution in [3.63, 3.8) is 0 Å². The van der Waals surface area contributed by atoms with Gasteiger partial charge < -0.3 is 5.32 Å². The molecule has 0 bridgehead atoms. The molecule has 0 aliphatic carbocycles. The molecule has 0 atom stereocenters. The molecule has 11 heteroatoms. The van der Waals surface area contributed by atoms with Gasteiger partial charge in [-0.1, -0.05) is 34.5 Å². The van der Waals surface area contributed by atoms with E-state index >= 15 is 0 Å². The Morgan fingerprint density at radius 3 is 2.47 bits per heavy atom. The highest BCUT2D eigenvalue weighted by atomic mass is 35.5. The van der Waals surface area contributed by atoms with E-state index in [0.29, 0.717) is 27.1 Å². The highest BCUT2D eigenvalue weighted by Gasteiger charge is 2.09. The first-order valence-electron chi connectivity index (χ1n) is 9.44. The van der Waals surface area contributed by atoms with Crippen LogP contribution in [0.5, 0.6) is 0 Å². The molecule has 2 N–H and O–H groups in total. The number of amides is 1. The molecule has 1 amide bonds. The Kier molecular flexibility index (Phi) is 6.20. The third-order valence-electron chi connectivity index (χ3n) is 4.57. The zero-order chi connectivity index (χ0) is 22.7. The average molecular weight is 471 g/mol. The van der Waals surface area contributed by atoms with Crippen molar-refractivity contribution in [2.75, 3.05) is 0 Å². The monoisotopic (exact) mass is 470 g/mol. The Hall–Kier alpha value is -3.69. The standard InChI is InChI=1S/C21H16Cl2N6O3/c22-17-6-1-13(9-18(17)23)10-20(31)24-11-14-12-29(27-26-14)16-4-2-15(3-5-16)28-8-7-19(30)25-21(28)32/h1-9,12H,10-11H2,(H,24,31)(H,25,30,32). The molecular weight excluding hydrogens is 455 g/mol. The number of aromatic amines is 1. The lowest BCUT2D eigenvalue weighted by atomic mass is 10.1. The Labute approximate surface area is 191 Å².